The van der Waals surface area contributed by atoms with Crippen LogP contribution in [-0.2, 0) is 0 Å². The second kappa shape index (κ2) is 7.09. The summed E-state index contributed by atoms with van der Waals surface area (Å²) < 4.78 is 3.78. The molecule has 0 amide bonds. The molecule has 6 aromatic rings. The highest BCUT2D eigenvalue weighted by Gasteiger charge is 2.10. The van der Waals surface area contributed by atoms with Crippen molar-refractivity contribution in [2.45, 2.75) is 0 Å². The Morgan fingerprint density at radius 2 is 1.23 bits per heavy atom. The first kappa shape index (κ1) is 17.9. The van der Waals surface area contributed by atoms with Gasteiger partial charge in [-0.2, -0.15) is 0 Å². The molecule has 1 aromatic heterocycles. The van der Waals surface area contributed by atoms with Gasteiger partial charge in [0.1, 0.15) is 0 Å². The average Bonchev–Trinajstić information content (AvgIpc) is 3.16. The summed E-state index contributed by atoms with van der Waals surface area (Å²) in [5, 5.41) is 5.22. The third-order valence-electron chi connectivity index (χ3n) is 5.71. The van der Waals surface area contributed by atoms with Gasteiger partial charge in [0, 0.05) is 24.6 Å². The molecule has 0 N–H and O–H groups in total. The van der Waals surface area contributed by atoms with Crippen LogP contribution < -0.4 is 0 Å². The zero-order chi connectivity index (χ0) is 20.1. The fourth-order valence-electron chi connectivity index (χ4n) is 4.29. The molecule has 0 aliphatic heterocycles. The molecule has 5 aromatic carbocycles. The minimum Gasteiger partial charge on any atom is -0.135 e. The molecule has 0 nitrogen and oxygen atoms in total. The number of hydrogen-bond acceptors (Lipinski definition) is 1. The Morgan fingerprint density at radius 1 is 0.500 bits per heavy atom. The zero-order valence-electron chi connectivity index (χ0n) is 16.1. The molecule has 142 valence electrons. The van der Waals surface area contributed by atoms with Gasteiger partial charge in [0.15, 0.2) is 0 Å². The first-order valence-electron chi connectivity index (χ1n) is 9.97. The maximum Gasteiger partial charge on any atom is 0.0355 e. The average molecular weight is 465 g/mol. The molecule has 0 fully saturated rings. The number of rotatable bonds is 2. The summed E-state index contributed by atoms with van der Waals surface area (Å²) in [5.41, 5.74) is 4.96. The van der Waals surface area contributed by atoms with Gasteiger partial charge in [-0.15, -0.1) is 11.3 Å². The number of halogens is 1. The molecule has 0 spiro atoms. The van der Waals surface area contributed by atoms with E-state index >= 15 is 0 Å². The molecule has 0 aliphatic carbocycles. The van der Waals surface area contributed by atoms with Gasteiger partial charge < -0.3 is 0 Å². The highest BCUT2D eigenvalue weighted by Crippen LogP contribution is 2.38. The van der Waals surface area contributed by atoms with Crippen LogP contribution in [0.2, 0.25) is 0 Å². The van der Waals surface area contributed by atoms with E-state index in [0.717, 1.165) is 4.47 Å². The number of thiophene rings is 1. The minimum absolute atomic E-state index is 1.10. The van der Waals surface area contributed by atoms with Gasteiger partial charge in [0.25, 0.3) is 0 Å². The molecule has 1 heterocycles. The van der Waals surface area contributed by atoms with Gasteiger partial charge in [-0.3, -0.25) is 0 Å². The van der Waals surface area contributed by atoms with Crippen LogP contribution in [0.4, 0.5) is 0 Å². The van der Waals surface area contributed by atoms with E-state index < -0.39 is 0 Å². The van der Waals surface area contributed by atoms with Crippen molar-refractivity contribution in [1.82, 2.24) is 0 Å². The van der Waals surface area contributed by atoms with Gasteiger partial charge in [-0.05, 0) is 69.4 Å². The molecule has 0 aliphatic rings. The van der Waals surface area contributed by atoms with E-state index in [1.807, 2.05) is 11.3 Å². The van der Waals surface area contributed by atoms with Crippen LogP contribution in [0, 0.1) is 0 Å². The van der Waals surface area contributed by atoms with Crippen molar-refractivity contribution in [1.29, 1.82) is 0 Å². The number of hydrogen-bond donors (Lipinski definition) is 0. The highest BCUT2D eigenvalue weighted by atomic mass is 79.9. The van der Waals surface area contributed by atoms with Crippen LogP contribution in [0.15, 0.2) is 108 Å². The van der Waals surface area contributed by atoms with Crippen molar-refractivity contribution in [2.24, 2.45) is 0 Å². The highest BCUT2D eigenvalue weighted by molar-refractivity contribution is 9.10. The molecule has 6 rings (SSSR count). The summed E-state index contributed by atoms with van der Waals surface area (Å²) in [7, 11) is 0. The molecule has 0 unspecified atom stereocenters. The molecular weight excluding hydrogens is 448 g/mol. The van der Waals surface area contributed by atoms with Gasteiger partial charge in [-0.1, -0.05) is 82.7 Å². The van der Waals surface area contributed by atoms with E-state index in [-0.39, 0.29) is 0 Å². The predicted octanol–water partition coefficient (Wildman–Crippen LogP) is 9.30. The summed E-state index contributed by atoms with van der Waals surface area (Å²) in [5.74, 6) is 0. The van der Waals surface area contributed by atoms with E-state index in [2.05, 4.69) is 119 Å². The molecule has 0 bridgehead atoms. The SMILES string of the molecule is Brc1cc(-c2ccc3sc4ccccc4c3c2)cc(-c2cccc3ccccc23)c1. The van der Waals surface area contributed by atoms with Gasteiger partial charge in [-0.25, -0.2) is 0 Å². The maximum atomic E-state index is 3.76. The van der Waals surface area contributed by atoms with E-state index in [4.69, 9.17) is 0 Å². The van der Waals surface area contributed by atoms with Crippen LogP contribution in [0.1, 0.15) is 0 Å². The Hall–Kier alpha value is -2.94. The molecule has 0 saturated carbocycles. The van der Waals surface area contributed by atoms with E-state index in [0.29, 0.717) is 0 Å². The molecule has 30 heavy (non-hydrogen) atoms. The largest absolute Gasteiger partial charge is 0.135 e. The smallest absolute Gasteiger partial charge is 0.0355 e. The van der Waals surface area contributed by atoms with Crippen molar-refractivity contribution >= 4 is 58.2 Å². The second-order valence-electron chi connectivity index (χ2n) is 7.56. The zero-order valence-corrected chi connectivity index (χ0v) is 18.5. The Kier molecular flexibility index (Phi) is 4.22. The Labute approximate surface area is 187 Å². The molecular formula is C28H17BrS. The number of benzene rings is 5. The lowest BCUT2D eigenvalue weighted by Gasteiger charge is -2.11. The third-order valence-corrected chi connectivity index (χ3v) is 7.32. The Bertz CT molecular complexity index is 1550. The first-order valence-corrected chi connectivity index (χ1v) is 11.6. The predicted molar refractivity (Wildman–Crippen MR) is 135 cm³/mol. The van der Waals surface area contributed by atoms with Crippen LogP contribution in [0.3, 0.4) is 0 Å². The lowest BCUT2D eigenvalue weighted by molar-refractivity contribution is 1.59. The maximum absolute atomic E-state index is 3.76. The summed E-state index contributed by atoms with van der Waals surface area (Å²) >= 11 is 5.62. The normalized spacial score (nSPS) is 11.5. The van der Waals surface area contributed by atoms with Crippen molar-refractivity contribution < 1.29 is 0 Å². The fourth-order valence-corrected chi connectivity index (χ4v) is 5.87. The topological polar surface area (TPSA) is 0 Å². The van der Waals surface area contributed by atoms with E-state index in [1.165, 1.54) is 53.2 Å². The summed E-state index contributed by atoms with van der Waals surface area (Å²) in [4.78, 5) is 0. The van der Waals surface area contributed by atoms with Crippen LogP contribution in [-0.4, -0.2) is 0 Å². The van der Waals surface area contributed by atoms with Gasteiger partial charge >= 0.3 is 0 Å². The quantitative estimate of drug-likeness (QED) is 0.239. The van der Waals surface area contributed by atoms with Crippen molar-refractivity contribution in [2.75, 3.05) is 0 Å². The molecule has 2 heteroatoms. The molecule has 0 saturated heterocycles. The van der Waals surface area contributed by atoms with Crippen LogP contribution >= 0.6 is 27.3 Å². The lowest BCUT2D eigenvalue weighted by Crippen LogP contribution is -1.85. The summed E-state index contributed by atoms with van der Waals surface area (Å²) in [6.45, 7) is 0. The monoisotopic (exact) mass is 464 g/mol. The summed E-state index contributed by atoms with van der Waals surface area (Å²) in [6.07, 6.45) is 0. The van der Waals surface area contributed by atoms with E-state index in [9.17, 15) is 0 Å². The Balaban J connectivity index is 1.56. The van der Waals surface area contributed by atoms with E-state index in [1.54, 1.807) is 0 Å². The molecule has 0 atom stereocenters. The number of fused-ring (bicyclic) bond motifs is 4. The van der Waals surface area contributed by atoms with Gasteiger partial charge in [0.2, 0.25) is 0 Å². The minimum atomic E-state index is 1.10. The van der Waals surface area contributed by atoms with Crippen LogP contribution in [0.25, 0.3) is 53.2 Å². The van der Waals surface area contributed by atoms with Gasteiger partial charge in [0.05, 0.1) is 0 Å². The van der Waals surface area contributed by atoms with Crippen LogP contribution in [0.5, 0.6) is 0 Å². The van der Waals surface area contributed by atoms with Crippen molar-refractivity contribution in [3.05, 3.63) is 108 Å². The molecule has 0 radical (unpaired) electrons. The Morgan fingerprint density at radius 3 is 2.17 bits per heavy atom. The fraction of sp³-hybridized carbons (Fsp3) is 0. The first-order chi connectivity index (χ1) is 14.8. The standard InChI is InChI=1S/C28H17BrS/c29-22-15-20(14-21(16-22)24-10-5-7-18-6-1-2-8-23(18)24)19-12-13-28-26(17-19)25-9-3-4-11-27(25)30-28/h1-17H. The van der Waals surface area contributed by atoms with Crippen molar-refractivity contribution in [3.63, 3.8) is 0 Å². The second-order valence-corrected chi connectivity index (χ2v) is 9.56. The third kappa shape index (κ3) is 2.96. The lowest BCUT2D eigenvalue weighted by atomic mass is 9.95. The van der Waals surface area contributed by atoms with Crippen molar-refractivity contribution in [3.8, 4) is 22.3 Å². The summed E-state index contributed by atoms with van der Waals surface area (Å²) in [6, 6.07) is 37.3.